The summed E-state index contributed by atoms with van der Waals surface area (Å²) >= 11 is 1.07. The lowest BCUT2D eigenvalue weighted by Crippen LogP contribution is -2.27. The lowest BCUT2D eigenvalue weighted by molar-refractivity contribution is -0.138. The molecule has 0 spiro atoms. The summed E-state index contributed by atoms with van der Waals surface area (Å²) in [6.07, 6.45) is 0. The van der Waals surface area contributed by atoms with Gasteiger partial charge in [-0.1, -0.05) is 35.9 Å². The third kappa shape index (κ3) is 7.59. The molecule has 32 heavy (non-hydrogen) atoms. The first-order chi connectivity index (χ1) is 15.3. The average Bonchev–Trinajstić information content (AvgIpc) is 2.76. The van der Waals surface area contributed by atoms with Crippen molar-refractivity contribution in [2.24, 2.45) is 10.7 Å². The molecular formula is C23H25N3O5S. The number of carbonyl (C=O) groups excluding carboxylic acids is 3. The molecule has 0 unspecified atom stereocenters. The number of ether oxygens (including phenoxy) is 1. The smallest absolute Gasteiger partial charge is 0.345 e. The number of aryl methyl sites for hydroxylation is 1. The Morgan fingerprint density at radius 1 is 1.06 bits per heavy atom. The minimum atomic E-state index is -0.906. The van der Waals surface area contributed by atoms with E-state index >= 15 is 0 Å². The number of hydrogen-bond acceptors (Lipinski definition) is 6. The fraction of sp³-hybridized carbons (Fsp3) is 0.217. The molecule has 0 saturated heterocycles. The predicted molar refractivity (Wildman–Crippen MR) is 126 cm³/mol. The normalized spacial score (nSPS) is 12.0. The summed E-state index contributed by atoms with van der Waals surface area (Å²) in [6.45, 7) is 3.58. The van der Waals surface area contributed by atoms with Crippen LogP contribution >= 0.6 is 11.8 Å². The lowest BCUT2D eigenvalue weighted by Gasteiger charge is -2.10. The van der Waals surface area contributed by atoms with Crippen molar-refractivity contribution >= 4 is 41.1 Å². The molecule has 0 aliphatic rings. The van der Waals surface area contributed by atoms with Crippen molar-refractivity contribution < 1.29 is 24.2 Å². The molecule has 168 valence electrons. The van der Waals surface area contributed by atoms with E-state index in [1.165, 1.54) is 0 Å². The maximum atomic E-state index is 12.3. The van der Waals surface area contributed by atoms with Gasteiger partial charge in [0, 0.05) is 11.3 Å². The molecule has 2 rings (SSSR count). The molecule has 0 fully saturated rings. The van der Waals surface area contributed by atoms with Crippen molar-refractivity contribution in [2.45, 2.75) is 13.8 Å². The lowest BCUT2D eigenvalue weighted by atomic mass is 10.2. The number of hydrogen-bond donors (Lipinski definition) is 3. The van der Waals surface area contributed by atoms with Crippen LogP contribution in [0, 0.1) is 6.92 Å². The van der Waals surface area contributed by atoms with E-state index in [1.54, 1.807) is 49.4 Å². The molecule has 0 aromatic heterocycles. The third-order valence-corrected chi connectivity index (χ3v) is 5.02. The highest BCUT2D eigenvalue weighted by molar-refractivity contribution is 8.00. The Kier molecular flexibility index (Phi) is 9.49. The molecule has 4 N–H and O–H groups in total. The first-order valence-corrected chi connectivity index (χ1v) is 10.9. The van der Waals surface area contributed by atoms with Crippen LogP contribution in [0.2, 0.25) is 0 Å². The SMILES string of the molecule is CCOC(=O)/C(C(N)=NC(=O)c1ccccc1)=C(/O)CSCC(=O)Nc1ccc(C)cc1. The summed E-state index contributed by atoms with van der Waals surface area (Å²) in [7, 11) is 0. The number of esters is 1. The van der Waals surface area contributed by atoms with E-state index in [0.717, 1.165) is 17.3 Å². The quantitative estimate of drug-likeness (QED) is 0.174. The zero-order valence-electron chi connectivity index (χ0n) is 17.8. The highest BCUT2D eigenvalue weighted by atomic mass is 32.2. The zero-order valence-corrected chi connectivity index (χ0v) is 18.6. The van der Waals surface area contributed by atoms with Gasteiger partial charge in [0.15, 0.2) is 0 Å². The standard InChI is InChI=1S/C23H25N3O5S/c1-3-31-23(30)20(21(24)26-22(29)16-7-5-4-6-8-16)18(27)13-32-14-19(28)25-17-11-9-15(2)10-12-17/h4-12,27H,3,13-14H2,1-2H3,(H,25,28)(H2,24,26,29)/b20-18+. The molecule has 2 amide bonds. The van der Waals surface area contributed by atoms with Gasteiger partial charge in [-0.25, -0.2) is 4.79 Å². The first kappa shape index (κ1) is 24.7. The van der Waals surface area contributed by atoms with Gasteiger partial charge in [0.05, 0.1) is 18.1 Å². The fourth-order valence-electron chi connectivity index (χ4n) is 2.53. The monoisotopic (exact) mass is 455 g/mol. The second-order valence-electron chi connectivity index (χ2n) is 6.62. The van der Waals surface area contributed by atoms with Crippen molar-refractivity contribution in [1.82, 2.24) is 0 Å². The van der Waals surface area contributed by atoms with E-state index in [9.17, 15) is 19.5 Å². The molecule has 2 aromatic carbocycles. The van der Waals surface area contributed by atoms with Crippen molar-refractivity contribution in [2.75, 3.05) is 23.4 Å². The Hall–Kier alpha value is -3.59. The number of aliphatic imine (C=N–C) groups is 1. The van der Waals surface area contributed by atoms with Crippen LogP contribution in [0.15, 0.2) is 70.9 Å². The van der Waals surface area contributed by atoms with Crippen LogP contribution in [-0.2, 0) is 14.3 Å². The number of nitrogens with zero attached hydrogens (tertiary/aromatic N) is 1. The summed E-state index contributed by atoms with van der Waals surface area (Å²) in [5.74, 6) is -2.82. The van der Waals surface area contributed by atoms with Crippen molar-refractivity contribution in [1.29, 1.82) is 0 Å². The van der Waals surface area contributed by atoms with Crippen molar-refractivity contribution in [3.8, 4) is 0 Å². The first-order valence-electron chi connectivity index (χ1n) is 9.79. The molecular weight excluding hydrogens is 430 g/mol. The summed E-state index contributed by atoms with van der Waals surface area (Å²) in [5.41, 5.74) is 7.46. The maximum absolute atomic E-state index is 12.3. The van der Waals surface area contributed by atoms with Gasteiger partial charge in [0.25, 0.3) is 5.91 Å². The molecule has 0 heterocycles. The number of aliphatic hydroxyl groups is 1. The van der Waals surface area contributed by atoms with Crippen LogP contribution in [0.3, 0.4) is 0 Å². The minimum absolute atomic E-state index is 0.0219. The number of nitrogens with two attached hydrogens (primary N) is 1. The number of rotatable bonds is 9. The topological polar surface area (TPSA) is 131 Å². The Balaban J connectivity index is 2.08. The van der Waals surface area contributed by atoms with E-state index in [2.05, 4.69) is 10.3 Å². The molecule has 0 atom stereocenters. The van der Waals surface area contributed by atoms with Crippen LogP contribution in [0.4, 0.5) is 5.69 Å². The van der Waals surface area contributed by atoms with Crippen LogP contribution in [0.1, 0.15) is 22.8 Å². The van der Waals surface area contributed by atoms with Gasteiger partial charge in [-0.15, -0.1) is 11.8 Å². The predicted octanol–water partition coefficient (Wildman–Crippen LogP) is 3.24. The summed E-state index contributed by atoms with van der Waals surface area (Å²) in [4.78, 5) is 40.4. The highest BCUT2D eigenvalue weighted by Crippen LogP contribution is 2.15. The number of thioether (sulfide) groups is 1. The van der Waals surface area contributed by atoms with Gasteiger partial charge < -0.3 is 20.9 Å². The van der Waals surface area contributed by atoms with Crippen molar-refractivity contribution in [3.05, 3.63) is 77.1 Å². The number of anilines is 1. The van der Waals surface area contributed by atoms with Gasteiger partial charge in [0.1, 0.15) is 17.2 Å². The van der Waals surface area contributed by atoms with E-state index in [0.29, 0.717) is 5.69 Å². The average molecular weight is 456 g/mol. The Labute approximate surface area is 190 Å². The van der Waals surface area contributed by atoms with Crippen LogP contribution < -0.4 is 11.1 Å². The van der Waals surface area contributed by atoms with Gasteiger partial charge >= 0.3 is 5.97 Å². The number of carbonyl (C=O) groups is 3. The molecule has 0 radical (unpaired) electrons. The number of aliphatic hydroxyl groups excluding tert-OH is 1. The molecule has 2 aromatic rings. The largest absolute Gasteiger partial charge is 0.510 e. The third-order valence-electron chi connectivity index (χ3n) is 4.07. The Morgan fingerprint density at radius 3 is 2.34 bits per heavy atom. The molecule has 0 saturated carbocycles. The van der Waals surface area contributed by atoms with E-state index in [4.69, 9.17) is 10.5 Å². The summed E-state index contributed by atoms with van der Waals surface area (Å²) in [5, 5.41) is 13.2. The summed E-state index contributed by atoms with van der Waals surface area (Å²) < 4.78 is 4.93. The van der Waals surface area contributed by atoms with Crippen LogP contribution in [-0.4, -0.2) is 46.8 Å². The number of amidine groups is 1. The fourth-order valence-corrected chi connectivity index (χ4v) is 3.23. The molecule has 0 aliphatic carbocycles. The Bertz CT molecular complexity index is 1020. The molecule has 9 heteroatoms. The minimum Gasteiger partial charge on any atom is -0.510 e. The van der Waals surface area contributed by atoms with E-state index < -0.39 is 29.0 Å². The highest BCUT2D eigenvalue weighted by Gasteiger charge is 2.22. The maximum Gasteiger partial charge on any atom is 0.345 e. The second kappa shape index (κ2) is 12.3. The van der Waals surface area contributed by atoms with Gasteiger partial charge in [-0.05, 0) is 38.1 Å². The van der Waals surface area contributed by atoms with Gasteiger partial charge in [-0.3, -0.25) is 9.59 Å². The van der Waals surface area contributed by atoms with Crippen LogP contribution in [0.25, 0.3) is 0 Å². The zero-order chi connectivity index (χ0) is 23.5. The Morgan fingerprint density at radius 2 is 1.72 bits per heavy atom. The van der Waals surface area contributed by atoms with Gasteiger partial charge in [-0.2, -0.15) is 4.99 Å². The molecule has 0 bridgehead atoms. The molecule has 0 aliphatic heterocycles. The second-order valence-corrected chi connectivity index (χ2v) is 7.60. The van der Waals surface area contributed by atoms with E-state index in [-0.39, 0.29) is 29.6 Å². The van der Waals surface area contributed by atoms with E-state index in [1.807, 2.05) is 19.1 Å². The van der Waals surface area contributed by atoms with Crippen molar-refractivity contribution in [3.63, 3.8) is 0 Å². The summed E-state index contributed by atoms with van der Waals surface area (Å²) in [6, 6.07) is 15.5. The molecule has 8 nitrogen and oxygen atoms in total. The van der Waals surface area contributed by atoms with Crippen LogP contribution in [0.5, 0.6) is 0 Å². The number of benzene rings is 2. The number of nitrogens with one attached hydrogen (secondary N) is 1. The van der Waals surface area contributed by atoms with Gasteiger partial charge in [0.2, 0.25) is 5.91 Å². The number of amides is 2.